The molecule has 0 spiro atoms. The van der Waals surface area contributed by atoms with Crippen LogP contribution in [0.5, 0.6) is 0 Å². The molecule has 0 radical (unpaired) electrons. The number of urea groups is 1. The highest BCUT2D eigenvalue weighted by molar-refractivity contribution is 5.90. The number of anilines is 1. The molecule has 8 heteroatoms. The Labute approximate surface area is 190 Å². The summed E-state index contributed by atoms with van der Waals surface area (Å²) < 4.78 is 13.8. The van der Waals surface area contributed by atoms with Crippen molar-refractivity contribution in [1.82, 2.24) is 15.1 Å². The highest BCUT2D eigenvalue weighted by Gasteiger charge is 2.31. The van der Waals surface area contributed by atoms with Crippen LogP contribution in [0, 0.1) is 11.7 Å². The third-order valence-electron chi connectivity index (χ3n) is 5.75. The molecule has 0 aliphatic carbocycles. The van der Waals surface area contributed by atoms with Gasteiger partial charge in [0.15, 0.2) is 0 Å². The van der Waals surface area contributed by atoms with Crippen LogP contribution in [0.4, 0.5) is 14.9 Å². The topological polar surface area (TPSA) is 81.8 Å². The van der Waals surface area contributed by atoms with Crippen molar-refractivity contribution in [2.75, 3.05) is 31.5 Å². The van der Waals surface area contributed by atoms with Crippen molar-refractivity contribution in [3.05, 3.63) is 30.1 Å². The molecular formula is C24H37FN4O3. The van der Waals surface area contributed by atoms with Crippen LogP contribution in [0.3, 0.4) is 0 Å². The molecule has 1 aliphatic rings. The average molecular weight is 449 g/mol. The maximum absolute atomic E-state index is 13.8. The Bertz CT molecular complexity index is 763. The van der Waals surface area contributed by atoms with Gasteiger partial charge in [0, 0.05) is 32.6 Å². The normalized spacial score (nSPS) is 14.9. The van der Waals surface area contributed by atoms with Gasteiger partial charge in [0.05, 0.1) is 5.69 Å². The SMILES string of the molecule is CCCCCCCC(=O)NC(C(=O)N1CCN(C(=O)Nc2ccccc2F)CC1)C(C)C. The molecule has 1 saturated heterocycles. The van der Waals surface area contributed by atoms with Crippen LogP contribution < -0.4 is 10.6 Å². The number of rotatable bonds is 10. The third kappa shape index (κ3) is 7.80. The Hall–Kier alpha value is -2.64. The number of nitrogens with zero attached hydrogens (tertiary/aromatic N) is 2. The minimum Gasteiger partial charge on any atom is -0.344 e. The van der Waals surface area contributed by atoms with Crippen LogP contribution in [0.25, 0.3) is 0 Å². The lowest BCUT2D eigenvalue weighted by molar-refractivity contribution is -0.138. The van der Waals surface area contributed by atoms with Gasteiger partial charge in [-0.2, -0.15) is 0 Å². The molecule has 1 atom stereocenters. The van der Waals surface area contributed by atoms with E-state index in [1.807, 2.05) is 13.8 Å². The molecule has 1 aromatic carbocycles. The van der Waals surface area contributed by atoms with Crippen molar-refractivity contribution in [2.45, 2.75) is 65.3 Å². The summed E-state index contributed by atoms with van der Waals surface area (Å²) in [5.74, 6) is -0.727. The fraction of sp³-hybridized carbons (Fsp3) is 0.625. The van der Waals surface area contributed by atoms with Crippen LogP contribution in [0.1, 0.15) is 59.3 Å². The zero-order valence-corrected chi connectivity index (χ0v) is 19.5. The molecule has 2 rings (SSSR count). The number of benzene rings is 1. The summed E-state index contributed by atoms with van der Waals surface area (Å²) in [6.45, 7) is 7.44. The monoisotopic (exact) mass is 448 g/mol. The molecule has 2 N–H and O–H groups in total. The summed E-state index contributed by atoms with van der Waals surface area (Å²) in [6, 6.07) is 5.05. The number of halogens is 1. The number of piperazine rings is 1. The molecule has 32 heavy (non-hydrogen) atoms. The molecule has 1 aliphatic heterocycles. The van der Waals surface area contributed by atoms with Crippen LogP contribution >= 0.6 is 0 Å². The molecule has 0 saturated carbocycles. The highest BCUT2D eigenvalue weighted by atomic mass is 19.1. The number of amides is 4. The first-order valence-corrected chi connectivity index (χ1v) is 11.7. The average Bonchev–Trinajstić information content (AvgIpc) is 2.78. The summed E-state index contributed by atoms with van der Waals surface area (Å²) in [5, 5.41) is 5.49. The number of carbonyl (C=O) groups excluding carboxylic acids is 3. The van der Waals surface area contributed by atoms with Gasteiger partial charge >= 0.3 is 6.03 Å². The van der Waals surface area contributed by atoms with Crippen LogP contribution in [-0.4, -0.2) is 59.9 Å². The summed E-state index contributed by atoms with van der Waals surface area (Å²) in [4.78, 5) is 41.1. The predicted molar refractivity (Wildman–Crippen MR) is 124 cm³/mol. The lowest BCUT2D eigenvalue weighted by Crippen LogP contribution is -2.57. The molecule has 1 unspecified atom stereocenters. The maximum Gasteiger partial charge on any atom is 0.322 e. The molecule has 178 valence electrons. The Morgan fingerprint density at radius 2 is 1.59 bits per heavy atom. The highest BCUT2D eigenvalue weighted by Crippen LogP contribution is 2.15. The van der Waals surface area contributed by atoms with Gasteiger partial charge in [0.25, 0.3) is 0 Å². The van der Waals surface area contributed by atoms with Crippen LogP contribution in [0.2, 0.25) is 0 Å². The predicted octanol–water partition coefficient (Wildman–Crippen LogP) is 4.00. The smallest absolute Gasteiger partial charge is 0.322 e. The lowest BCUT2D eigenvalue weighted by atomic mass is 10.0. The van der Waals surface area contributed by atoms with E-state index >= 15 is 0 Å². The quantitative estimate of drug-likeness (QED) is 0.531. The maximum atomic E-state index is 13.8. The molecule has 0 aromatic heterocycles. The summed E-state index contributed by atoms with van der Waals surface area (Å²) in [7, 11) is 0. The van der Waals surface area contributed by atoms with Crippen LogP contribution in [-0.2, 0) is 9.59 Å². The number of unbranched alkanes of at least 4 members (excludes halogenated alkanes) is 4. The molecule has 1 heterocycles. The Morgan fingerprint density at radius 1 is 0.969 bits per heavy atom. The lowest BCUT2D eigenvalue weighted by Gasteiger charge is -2.37. The van der Waals surface area contributed by atoms with E-state index < -0.39 is 11.9 Å². The van der Waals surface area contributed by atoms with E-state index in [9.17, 15) is 18.8 Å². The van der Waals surface area contributed by atoms with E-state index in [1.54, 1.807) is 21.9 Å². The van der Waals surface area contributed by atoms with Crippen molar-refractivity contribution in [2.24, 2.45) is 5.92 Å². The van der Waals surface area contributed by atoms with Crippen molar-refractivity contribution < 1.29 is 18.8 Å². The molecule has 4 amide bonds. The number of hydrogen-bond acceptors (Lipinski definition) is 3. The first-order valence-electron chi connectivity index (χ1n) is 11.7. The second kappa shape index (κ2) is 13.0. The van der Waals surface area contributed by atoms with Gasteiger partial charge in [-0.15, -0.1) is 0 Å². The zero-order chi connectivity index (χ0) is 23.5. The van der Waals surface area contributed by atoms with Gasteiger partial charge in [-0.25, -0.2) is 9.18 Å². The van der Waals surface area contributed by atoms with E-state index in [4.69, 9.17) is 0 Å². The minimum absolute atomic E-state index is 0.0334. The number of carbonyl (C=O) groups is 3. The Balaban J connectivity index is 1.82. The molecule has 7 nitrogen and oxygen atoms in total. The fourth-order valence-corrected chi connectivity index (χ4v) is 3.73. The van der Waals surface area contributed by atoms with Crippen molar-refractivity contribution >= 4 is 23.5 Å². The van der Waals surface area contributed by atoms with Gasteiger partial charge in [-0.1, -0.05) is 58.6 Å². The molecule has 1 aromatic rings. The van der Waals surface area contributed by atoms with Crippen molar-refractivity contribution in [3.8, 4) is 0 Å². The largest absolute Gasteiger partial charge is 0.344 e. The Kier molecular flexibility index (Phi) is 10.4. The number of hydrogen-bond donors (Lipinski definition) is 2. The van der Waals surface area contributed by atoms with E-state index in [-0.39, 0.29) is 29.5 Å². The Morgan fingerprint density at radius 3 is 2.22 bits per heavy atom. The van der Waals surface area contributed by atoms with Crippen molar-refractivity contribution in [1.29, 1.82) is 0 Å². The minimum atomic E-state index is -0.572. The second-order valence-corrected chi connectivity index (χ2v) is 8.68. The second-order valence-electron chi connectivity index (χ2n) is 8.68. The standard InChI is InChI=1S/C24H37FN4O3/c1-4-5-6-7-8-13-21(30)27-22(18(2)3)23(31)28-14-16-29(17-15-28)24(32)26-20-12-10-9-11-19(20)25/h9-12,18,22H,4-8,13-17H2,1-3H3,(H,26,32)(H,27,30). The van der Waals surface area contributed by atoms with Crippen LogP contribution in [0.15, 0.2) is 24.3 Å². The summed E-state index contributed by atoms with van der Waals surface area (Å²) in [6.07, 6.45) is 5.77. The van der Waals surface area contributed by atoms with Gasteiger partial charge in [0.1, 0.15) is 11.9 Å². The van der Waals surface area contributed by atoms with Gasteiger partial charge < -0.3 is 20.4 Å². The summed E-state index contributed by atoms with van der Waals surface area (Å²) in [5.41, 5.74) is 0.133. The van der Waals surface area contributed by atoms with Gasteiger partial charge in [0.2, 0.25) is 11.8 Å². The van der Waals surface area contributed by atoms with E-state index in [0.29, 0.717) is 32.6 Å². The van der Waals surface area contributed by atoms with E-state index in [2.05, 4.69) is 17.6 Å². The molecule has 1 fully saturated rings. The molecular weight excluding hydrogens is 411 g/mol. The van der Waals surface area contributed by atoms with E-state index in [0.717, 1.165) is 25.7 Å². The number of para-hydroxylation sites is 1. The first-order chi connectivity index (χ1) is 15.3. The summed E-state index contributed by atoms with van der Waals surface area (Å²) >= 11 is 0. The fourth-order valence-electron chi connectivity index (χ4n) is 3.73. The molecule has 0 bridgehead atoms. The zero-order valence-electron chi connectivity index (χ0n) is 19.5. The van der Waals surface area contributed by atoms with E-state index in [1.165, 1.54) is 18.6 Å². The third-order valence-corrected chi connectivity index (χ3v) is 5.75. The van der Waals surface area contributed by atoms with Gasteiger partial charge in [-0.3, -0.25) is 9.59 Å². The van der Waals surface area contributed by atoms with Crippen molar-refractivity contribution in [3.63, 3.8) is 0 Å². The van der Waals surface area contributed by atoms with Gasteiger partial charge in [-0.05, 0) is 24.5 Å². The first kappa shape index (κ1) is 25.6. The number of nitrogens with one attached hydrogen (secondary N) is 2.